The van der Waals surface area contributed by atoms with E-state index >= 15 is 0 Å². The van der Waals surface area contributed by atoms with Crippen molar-refractivity contribution in [2.75, 3.05) is 6.61 Å². The minimum atomic E-state index is -1.13. The fourth-order valence-electron chi connectivity index (χ4n) is 1.44. The third kappa shape index (κ3) is 4.74. The Morgan fingerprint density at radius 3 is 2.60 bits per heavy atom. The molecule has 0 fully saturated rings. The topological polar surface area (TPSA) is 75.6 Å². The van der Waals surface area contributed by atoms with Crippen LogP contribution in [-0.4, -0.2) is 29.1 Å². The van der Waals surface area contributed by atoms with Crippen molar-refractivity contribution in [3.63, 3.8) is 0 Å². The number of amides is 1. The van der Waals surface area contributed by atoms with Crippen molar-refractivity contribution in [2.45, 2.75) is 32.7 Å². The molecule has 20 heavy (non-hydrogen) atoms. The molecule has 5 nitrogen and oxygen atoms in total. The van der Waals surface area contributed by atoms with Crippen LogP contribution < -0.4 is 10.1 Å². The molecular weight excluding hydrogens is 282 g/mol. The second kappa shape index (κ2) is 6.61. The Kier molecular flexibility index (Phi) is 5.39. The molecule has 1 aromatic carbocycles. The van der Waals surface area contributed by atoms with Crippen LogP contribution in [0.5, 0.6) is 5.75 Å². The van der Waals surface area contributed by atoms with Crippen LogP contribution in [0.15, 0.2) is 18.2 Å². The number of halogens is 1. The van der Waals surface area contributed by atoms with Crippen molar-refractivity contribution in [1.82, 2.24) is 5.32 Å². The molecule has 0 radical (unpaired) electrons. The van der Waals surface area contributed by atoms with Gasteiger partial charge in [0.1, 0.15) is 11.3 Å². The second-order valence-electron chi connectivity index (χ2n) is 5.02. The number of aromatic carboxylic acids is 1. The zero-order valence-electron chi connectivity index (χ0n) is 11.7. The highest BCUT2D eigenvalue weighted by molar-refractivity contribution is 6.30. The van der Waals surface area contributed by atoms with Crippen LogP contribution in [-0.2, 0) is 4.79 Å². The molecule has 1 aromatic rings. The summed E-state index contributed by atoms with van der Waals surface area (Å²) in [7, 11) is 0. The monoisotopic (exact) mass is 299 g/mol. The van der Waals surface area contributed by atoms with Gasteiger partial charge in [-0.05, 0) is 38.5 Å². The Labute approximate surface area is 122 Å². The van der Waals surface area contributed by atoms with Crippen LogP contribution in [0.3, 0.4) is 0 Å². The first-order valence-corrected chi connectivity index (χ1v) is 6.59. The van der Waals surface area contributed by atoms with Crippen molar-refractivity contribution >= 4 is 23.5 Å². The first-order chi connectivity index (χ1) is 9.25. The summed E-state index contributed by atoms with van der Waals surface area (Å²) >= 11 is 5.79. The van der Waals surface area contributed by atoms with Gasteiger partial charge in [0.2, 0.25) is 0 Å². The third-order valence-corrected chi connectivity index (χ3v) is 3.13. The van der Waals surface area contributed by atoms with Gasteiger partial charge in [-0.1, -0.05) is 18.5 Å². The lowest BCUT2D eigenvalue weighted by atomic mass is 10.0. The molecule has 0 aliphatic rings. The molecule has 0 bridgehead atoms. The molecule has 2 N–H and O–H groups in total. The highest BCUT2D eigenvalue weighted by atomic mass is 35.5. The van der Waals surface area contributed by atoms with Gasteiger partial charge in [0.05, 0.1) is 0 Å². The lowest BCUT2D eigenvalue weighted by molar-refractivity contribution is -0.124. The predicted octanol–water partition coefficient (Wildman–Crippen LogP) is 2.72. The Hall–Kier alpha value is -1.75. The van der Waals surface area contributed by atoms with Crippen molar-refractivity contribution in [1.29, 1.82) is 0 Å². The van der Waals surface area contributed by atoms with Gasteiger partial charge in [0, 0.05) is 10.6 Å². The van der Waals surface area contributed by atoms with E-state index in [4.69, 9.17) is 21.4 Å². The summed E-state index contributed by atoms with van der Waals surface area (Å²) in [6, 6.07) is 4.18. The van der Waals surface area contributed by atoms with Crippen LogP contribution in [0.25, 0.3) is 0 Å². The van der Waals surface area contributed by atoms with Crippen LogP contribution in [0.1, 0.15) is 37.6 Å². The number of carboxylic acid groups (broad SMARTS) is 1. The van der Waals surface area contributed by atoms with E-state index in [0.29, 0.717) is 5.02 Å². The zero-order chi connectivity index (χ0) is 15.3. The maximum absolute atomic E-state index is 11.7. The van der Waals surface area contributed by atoms with E-state index in [0.717, 1.165) is 6.42 Å². The molecule has 0 spiro atoms. The second-order valence-corrected chi connectivity index (χ2v) is 5.46. The molecule has 0 aromatic heterocycles. The number of hydrogen-bond donors (Lipinski definition) is 2. The fourth-order valence-corrected chi connectivity index (χ4v) is 1.60. The summed E-state index contributed by atoms with van der Waals surface area (Å²) in [5.74, 6) is -1.37. The van der Waals surface area contributed by atoms with Gasteiger partial charge in [-0.15, -0.1) is 0 Å². The van der Waals surface area contributed by atoms with Crippen molar-refractivity contribution in [2.24, 2.45) is 0 Å². The number of rotatable bonds is 6. The number of carboxylic acids is 1. The molecule has 110 valence electrons. The van der Waals surface area contributed by atoms with E-state index < -0.39 is 5.97 Å². The van der Waals surface area contributed by atoms with Crippen LogP contribution >= 0.6 is 11.6 Å². The summed E-state index contributed by atoms with van der Waals surface area (Å²) in [4.78, 5) is 22.8. The summed E-state index contributed by atoms with van der Waals surface area (Å²) in [5.41, 5.74) is -0.360. The van der Waals surface area contributed by atoms with Crippen molar-refractivity contribution in [3.05, 3.63) is 28.8 Å². The summed E-state index contributed by atoms with van der Waals surface area (Å²) in [6.07, 6.45) is 0.774. The smallest absolute Gasteiger partial charge is 0.339 e. The molecule has 0 unspecified atom stereocenters. The van der Waals surface area contributed by atoms with E-state index in [-0.39, 0.29) is 29.4 Å². The lowest BCUT2D eigenvalue weighted by Gasteiger charge is -2.24. The minimum Gasteiger partial charge on any atom is -0.483 e. The zero-order valence-corrected chi connectivity index (χ0v) is 12.5. The quantitative estimate of drug-likeness (QED) is 0.847. The van der Waals surface area contributed by atoms with Crippen LogP contribution in [0, 0.1) is 0 Å². The average molecular weight is 300 g/mol. The summed E-state index contributed by atoms with van der Waals surface area (Å²) < 4.78 is 5.25. The van der Waals surface area contributed by atoms with Gasteiger partial charge in [0.15, 0.2) is 6.61 Å². The number of hydrogen-bond acceptors (Lipinski definition) is 3. The molecule has 0 saturated carbocycles. The summed E-state index contributed by atoms with van der Waals surface area (Å²) in [5, 5.41) is 12.2. The molecule has 0 aliphatic heterocycles. The van der Waals surface area contributed by atoms with Crippen molar-refractivity contribution in [3.8, 4) is 5.75 Å². The number of ether oxygens (including phenoxy) is 1. The van der Waals surface area contributed by atoms with E-state index in [1.54, 1.807) is 0 Å². The van der Waals surface area contributed by atoms with Gasteiger partial charge >= 0.3 is 5.97 Å². The van der Waals surface area contributed by atoms with E-state index in [9.17, 15) is 9.59 Å². The standard InChI is InChI=1S/C14H18ClNO4/c1-4-14(2,3)16-12(17)8-20-11-7-9(15)5-6-10(11)13(18)19/h5-7H,4,8H2,1-3H3,(H,16,17)(H,18,19). The Bertz CT molecular complexity index is 514. The van der Waals surface area contributed by atoms with Gasteiger partial charge < -0.3 is 15.2 Å². The molecule has 6 heteroatoms. The number of benzene rings is 1. The highest BCUT2D eigenvalue weighted by Gasteiger charge is 2.19. The summed E-state index contributed by atoms with van der Waals surface area (Å²) in [6.45, 7) is 5.49. The average Bonchev–Trinajstić information content (AvgIpc) is 2.35. The molecule has 0 saturated heterocycles. The highest BCUT2D eigenvalue weighted by Crippen LogP contribution is 2.23. The Morgan fingerprint density at radius 2 is 2.05 bits per heavy atom. The fraction of sp³-hybridized carbons (Fsp3) is 0.429. The largest absolute Gasteiger partial charge is 0.483 e. The van der Waals surface area contributed by atoms with Gasteiger partial charge in [0.25, 0.3) is 5.91 Å². The third-order valence-electron chi connectivity index (χ3n) is 2.89. The normalized spacial score (nSPS) is 11.0. The molecule has 0 heterocycles. The Morgan fingerprint density at radius 1 is 1.40 bits per heavy atom. The maximum atomic E-state index is 11.7. The number of carbonyl (C=O) groups excluding carboxylic acids is 1. The first kappa shape index (κ1) is 16.3. The number of nitrogens with one attached hydrogen (secondary N) is 1. The SMILES string of the molecule is CCC(C)(C)NC(=O)COc1cc(Cl)ccc1C(=O)O. The number of carbonyl (C=O) groups is 2. The van der Waals surface area contributed by atoms with E-state index in [2.05, 4.69) is 5.32 Å². The van der Waals surface area contributed by atoms with Gasteiger partial charge in [-0.2, -0.15) is 0 Å². The molecule has 1 amide bonds. The van der Waals surface area contributed by atoms with Crippen LogP contribution in [0.2, 0.25) is 5.02 Å². The molecule has 1 rings (SSSR count). The Balaban J connectivity index is 2.73. The molecule has 0 aliphatic carbocycles. The van der Waals surface area contributed by atoms with Crippen LogP contribution in [0.4, 0.5) is 0 Å². The first-order valence-electron chi connectivity index (χ1n) is 6.22. The lowest BCUT2D eigenvalue weighted by Crippen LogP contribution is -2.44. The van der Waals surface area contributed by atoms with Gasteiger partial charge in [-0.3, -0.25) is 4.79 Å². The van der Waals surface area contributed by atoms with E-state index in [1.807, 2.05) is 20.8 Å². The van der Waals surface area contributed by atoms with E-state index in [1.165, 1.54) is 18.2 Å². The predicted molar refractivity (Wildman–Crippen MR) is 76.4 cm³/mol. The maximum Gasteiger partial charge on any atom is 0.339 e. The molecular formula is C14H18ClNO4. The van der Waals surface area contributed by atoms with Gasteiger partial charge in [-0.25, -0.2) is 4.79 Å². The molecule has 0 atom stereocenters. The van der Waals surface area contributed by atoms with Crippen molar-refractivity contribution < 1.29 is 19.4 Å². The minimum absolute atomic E-state index is 0.0306.